The lowest BCUT2D eigenvalue weighted by atomic mass is 10.2. The number of aryl methyl sites for hydroxylation is 1. The maximum atomic E-state index is 11.7. The molecular weight excluding hydrogens is 248 g/mol. The lowest BCUT2D eigenvalue weighted by molar-refractivity contribution is -0.129. The van der Waals surface area contributed by atoms with Crippen LogP contribution >= 0.6 is 12.2 Å². The molecule has 0 aliphatic rings. The first kappa shape index (κ1) is 14.4. The van der Waals surface area contributed by atoms with Crippen LogP contribution in [0.2, 0.25) is 0 Å². The molecule has 0 unspecified atom stereocenters. The fraction of sp³-hybridized carbons (Fsp3) is 0.385. The molecule has 0 radical (unpaired) electrons. The topological polar surface area (TPSA) is 55.6 Å². The molecule has 0 atom stereocenters. The van der Waals surface area contributed by atoms with Crippen LogP contribution in [0.4, 0.5) is 0 Å². The molecule has 0 aliphatic carbocycles. The first-order chi connectivity index (χ1) is 8.49. The van der Waals surface area contributed by atoms with Crippen molar-refractivity contribution < 1.29 is 9.53 Å². The first-order valence-corrected chi connectivity index (χ1v) is 6.11. The minimum Gasteiger partial charge on any atom is -0.493 e. The molecule has 1 aromatic rings. The average Bonchev–Trinajstić information content (AvgIpc) is 2.28. The number of nitrogens with two attached hydrogens (primary N) is 1. The van der Waals surface area contributed by atoms with Crippen LogP contribution in [0.25, 0.3) is 0 Å². The number of nitrogens with zero attached hydrogens (tertiary/aromatic N) is 1. The molecule has 1 aromatic carbocycles. The number of benzene rings is 1. The maximum absolute atomic E-state index is 11.7. The van der Waals surface area contributed by atoms with Crippen molar-refractivity contribution in [1.82, 2.24) is 4.90 Å². The number of thiocarbonyl (C=S) groups is 1. The number of carbonyl (C=O) groups is 1. The van der Waals surface area contributed by atoms with Crippen molar-refractivity contribution >= 4 is 23.1 Å². The van der Waals surface area contributed by atoms with E-state index in [1.807, 2.05) is 31.2 Å². The van der Waals surface area contributed by atoms with E-state index >= 15 is 0 Å². The zero-order chi connectivity index (χ0) is 13.5. The van der Waals surface area contributed by atoms with E-state index in [1.165, 1.54) is 4.90 Å². The fourth-order valence-corrected chi connectivity index (χ4v) is 1.67. The Morgan fingerprint density at radius 2 is 2.22 bits per heavy atom. The van der Waals surface area contributed by atoms with Crippen molar-refractivity contribution in [1.29, 1.82) is 0 Å². The van der Waals surface area contributed by atoms with Gasteiger partial charge in [-0.1, -0.05) is 24.4 Å². The quantitative estimate of drug-likeness (QED) is 0.793. The second kappa shape index (κ2) is 6.96. The summed E-state index contributed by atoms with van der Waals surface area (Å²) in [5, 5.41) is 0. The van der Waals surface area contributed by atoms with Crippen molar-refractivity contribution in [3.05, 3.63) is 29.8 Å². The minimum absolute atomic E-state index is 0.0320. The van der Waals surface area contributed by atoms with Crippen LogP contribution in [-0.4, -0.2) is 36.0 Å². The van der Waals surface area contributed by atoms with Gasteiger partial charge < -0.3 is 15.4 Å². The molecule has 0 aromatic heterocycles. The summed E-state index contributed by atoms with van der Waals surface area (Å²) in [5.41, 5.74) is 6.50. The van der Waals surface area contributed by atoms with Crippen LogP contribution in [0.15, 0.2) is 24.3 Å². The summed E-state index contributed by atoms with van der Waals surface area (Å²) in [7, 11) is 1.67. The molecule has 2 N–H and O–H groups in total. The van der Waals surface area contributed by atoms with E-state index in [9.17, 15) is 4.79 Å². The van der Waals surface area contributed by atoms with Gasteiger partial charge in [-0.3, -0.25) is 4.79 Å². The molecule has 0 bridgehead atoms. The summed E-state index contributed by atoms with van der Waals surface area (Å²) in [6.07, 6.45) is 0.313. The number of rotatable bonds is 6. The number of ether oxygens (including phenoxy) is 1. The zero-order valence-corrected chi connectivity index (χ0v) is 11.5. The standard InChI is InChI=1S/C13H18N2O2S/c1-10-4-3-5-11(8-10)17-7-6-13(16)15(2)9-12(14)18/h3-5,8H,6-7,9H2,1-2H3,(H2,14,18). The van der Waals surface area contributed by atoms with E-state index in [0.717, 1.165) is 11.3 Å². The predicted octanol–water partition coefficient (Wildman–Crippen LogP) is 1.51. The molecule has 4 nitrogen and oxygen atoms in total. The Morgan fingerprint density at radius 1 is 1.50 bits per heavy atom. The van der Waals surface area contributed by atoms with Gasteiger partial charge in [-0.15, -0.1) is 0 Å². The van der Waals surface area contributed by atoms with Crippen LogP contribution in [0.1, 0.15) is 12.0 Å². The molecule has 18 heavy (non-hydrogen) atoms. The smallest absolute Gasteiger partial charge is 0.226 e. The first-order valence-electron chi connectivity index (χ1n) is 5.71. The van der Waals surface area contributed by atoms with Gasteiger partial charge in [0, 0.05) is 7.05 Å². The molecule has 5 heteroatoms. The maximum Gasteiger partial charge on any atom is 0.226 e. The fourth-order valence-electron chi connectivity index (χ4n) is 1.47. The van der Waals surface area contributed by atoms with Crippen molar-refractivity contribution in [3.8, 4) is 5.75 Å². The van der Waals surface area contributed by atoms with Gasteiger partial charge in [-0.05, 0) is 24.6 Å². The minimum atomic E-state index is -0.0320. The van der Waals surface area contributed by atoms with Crippen LogP contribution < -0.4 is 10.5 Å². The number of hydrogen-bond acceptors (Lipinski definition) is 3. The second-order valence-electron chi connectivity index (χ2n) is 4.13. The number of carbonyl (C=O) groups excluding carboxylic acids is 1. The van der Waals surface area contributed by atoms with Gasteiger partial charge >= 0.3 is 0 Å². The van der Waals surface area contributed by atoms with E-state index in [-0.39, 0.29) is 5.91 Å². The molecule has 0 fully saturated rings. The highest BCUT2D eigenvalue weighted by molar-refractivity contribution is 7.80. The predicted molar refractivity (Wildman–Crippen MR) is 75.7 cm³/mol. The van der Waals surface area contributed by atoms with Crippen LogP contribution in [0.5, 0.6) is 5.75 Å². The third kappa shape index (κ3) is 5.14. The van der Waals surface area contributed by atoms with Crippen LogP contribution in [0, 0.1) is 6.92 Å². The van der Waals surface area contributed by atoms with Crippen molar-refractivity contribution in [2.45, 2.75) is 13.3 Å². The van der Waals surface area contributed by atoms with E-state index in [0.29, 0.717) is 24.6 Å². The summed E-state index contributed by atoms with van der Waals surface area (Å²) < 4.78 is 5.50. The Labute approximate surface area is 113 Å². The van der Waals surface area contributed by atoms with Gasteiger partial charge in [0.05, 0.1) is 24.6 Å². The third-order valence-corrected chi connectivity index (χ3v) is 2.52. The van der Waals surface area contributed by atoms with E-state index < -0.39 is 0 Å². The van der Waals surface area contributed by atoms with E-state index in [2.05, 4.69) is 0 Å². The Hall–Kier alpha value is -1.62. The monoisotopic (exact) mass is 266 g/mol. The number of likely N-dealkylation sites (N-methyl/N-ethyl adjacent to an activating group) is 1. The van der Waals surface area contributed by atoms with Gasteiger partial charge in [0.1, 0.15) is 5.75 Å². The van der Waals surface area contributed by atoms with Crippen molar-refractivity contribution in [2.24, 2.45) is 5.73 Å². The average molecular weight is 266 g/mol. The van der Waals surface area contributed by atoms with Gasteiger partial charge in [0.25, 0.3) is 0 Å². The third-order valence-electron chi connectivity index (χ3n) is 2.39. The van der Waals surface area contributed by atoms with Gasteiger partial charge in [0.2, 0.25) is 5.91 Å². The molecular formula is C13H18N2O2S. The van der Waals surface area contributed by atoms with Crippen molar-refractivity contribution in [3.63, 3.8) is 0 Å². The highest BCUT2D eigenvalue weighted by Crippen LogP contribution is 2.12. The molecule has 0 heterocycles. The van der Waals surface area contributed by atoms with Crippen LogP contribution in [0.3, 0.4) is 0 Å². The highest BCUT2D eigenvalue weighted by atomic mass is 32.1. The largest absolute Gasteiger partial charge is 0.493 e. The van der Waals surface area contributed by atoms with Gasteiger partial charge in [0.15, 0.2) is 0 Å². The molecule has 0 aliphatic heterocycles. The lowest BCUT2D eigenvalue weighted by Crippen LogP contribution is -2.35. The van der Waals surface area contributed by atoms with Crippen LogP contribution in [-0.2, 0) is 4.79 Å². The summed E-state index contributed by atoms with van der Waals surface area (Å²) in [6.45, 7) is 2.65. The normalized spacial score (nSPS) is 9.89. The molecule has 0 saturated heterocycles. The molecule has 0 spiro atoms. The second-order valence-corrected chi connectivity index (χ2v) is 4.66. The summed E-state index contributed by atoms with van der Waals surface area (Å²) in [4.78, 5) is 13.5. The number of hydrogen-bond donors (Lipinski definition) is 1. The molecule has 0 saturated carbocycles. The number of amides is 1. The highest BCUT2D eigenvalue weighted by Gasteiger charge is 2.09. The molecule has 1 amide bonds. The van der Waals surface area contributed by atoms with E-state index in [1.54, 1.807) is 7.05 Å². The summed E-state index contributed by atoms with van der Waals surface area (Å²) in [5.74, 6) is 0.746. The molecule has 98 valence electrons. The van der Waals surface area contributed by atoms with Gasteiger partial charge in [-0.2, -0.15) is 0 Å². The lowest BCUT2D eigenvalue weighted by Gasteiger charge is -2.16. The Balaban J connectivity index is 2.33. The Bertz CT molecular complexity index is 435. The van der Waals surface area contributed by atoms with Gasteiger partial charge in [-0.25, -0.2) is 0 Å². The zero-order valence-electron chi connectivity index (χ0n) is 10.7. The Morgan fingerprint density at radius 3 is 2.83 bits per heavy atom. The summed E-state index contributed by atoms with van der Waals surface area (Å²) >= 11 is 4.75. The Kier molecular flexibility index (Phi) is 5.58. The van der Waals surface area contributed by atoms with Crippen molar-refractivity contribution in [2.75, 3.05) is 20.2 Å². The molecule has 1 rings (SSSR count). The SMILES string of the molecule is Cc1cccc(OCCC(=O)N(C)CC(N)=S)c1. The summed E-state index contributed by atoms with van der Waals surface area (Å²) in [6, 6.07) is 7.72. The van der Waals surface area contributed by atoms with E-state index in [4.69, 9.17) is 22.7 Å².